The van der Waals surface area contributed by atoms with Crippen LogP contribution in [0.2, 0.25) is 0 Å². The second kappa shape index (κ2) is 8.04. The van der Waals surface area contributed by atoms with Crippen LogP contribution in [0.3, 0.4) is 0 Å². The monoisotopic (exact) mass is 370 g/mol. The number of amides is 2. The highest BCUT2D eigenvalue weighted by Crippen LogP contribution is 2.39. The molecule has 2 aromatic heterocycles. The van der Waals surface area contributed by atoms with Crippen molar-refractivity contribution < 1.29 is 19.0 Å². The summed E-state index contributed by atoms with van der Waals surface area (Å²) in [5, 5.41) is 12.9. The zero-order chi connectivity index (χ0) is 19.2. The molecule has 0 aliphatic carbocycles. The number of carbonyl (C=O) groups excluding carboxylic acids is 1. The van der Waals surface area contributed by atoms with Crippen LogP contribution in [0.1, 0.15) is 0 Å². The van der Waals surface area contributed by atoms with E-state index in [1.165, 1.54) is 40.2 Å². The molecule has 3 aromatic rings. The van der Waals surface area contributed by atoms with Gasteiger partial charge in [0.2, 0.25) is 5.75 Å². The first kappa shape index (κ1) is 18.0. The molecule has 2 amide bonds. The Hall–Kier alpha value is -3.82. The van der Waals surface area contributed by atoms with Crippen LogP contribution in [0.4, 0.5) is 16.2 Å². The van der Waals surface area contributed by atoms with Crippen molar-refractivity contribution in [3.05, 3.63) is 43.1 Å². The quantitative estimate of drug-likeness (QED) is 0.685. The van der Waals surface area contributed by atoms with Gasteiger partial charge in [0.25, 0.3) is 0 Å². The summed E-state index contributed by atoms with van der Waals surface area (Å²) in [6.45, 7) is 0. The van der Waals surface area contributed by atoms with E-state index in [2.05, 4.69) is 25.8 Å². The number of nitrogens with zero attached hydrogens (tertiary/aromatic N) is 4. The summed E-state index contributed by atoms with van der Waals surface area (Å²) in [5.41, 5.74) is 1.01. The van der Waals surface area contributed by atoms with Crippen molar-refractivity contribution in [3.63, 3.8) is 0 Å². The Bertz CT molecular complexity index is 887. The van der Waals surface area contributed by atoms with Crippen LogP contribution in [0.15, 0.2) is 43.1 Å². The lowest BCUT2D eigenvalue weighted by Gasteiger charge is -2.15. The van der Waals surface area contributed by atoms with Gasteiger partial charge < -0.3 is 24.8 Å². The number of hydrogen-bond donors (Lipinski definition) is 2. The number of nitrogens with one attached hydrogen (secondary N) is 2. The van der Waals surface area contributed by atoms with E-state index in [0.29, 0.717) is 34.4 Å². The maximum Gasteiger partial charge on any atom is 0.323 e. The van der Waals surface area contributed by atoms with E-state index in [4.69, 9.17) is 14.2 Å². The Morgan fingerprint density at radius 1 is 0.926 bits per heavy atom. The predicted octanol–water partition coefficient (Wildman–Crippen LogP) is 2.33. The number of aromatic nitrogens is 4. The molecule has 0 spiro atoms. The van der Waals surface area contributed by atoms with Gasteiger partial charge in [-0.3, -0.25) is 4.57 Å². The number of hydrogen-bond acceptors (Lipinski definition) is 7. The number of urea groups is 1. The molecule has 10 nitrogen and oxygen atoms in total. The summed E-state index contributed by atoms with van der Waals surface area (Å²) in [5.74, 6) is 1.95. The first-order valence-electron chi connectivity index (χ1n) is 7.83. The molecule has 140 valence electrons. The van der Waals surface area contributed by atoms with Gasteiger partial charge in [0.15, 0.2) is 11.5 Å². The van der Waals surface area contributed by atoms with Crippen LogP contribution < -0.4 is 24.8 Å². The Morgan fingerprint density at radius 3 is 2.07 bits per heavy atom. The molecule has 2 N–H and O–H groups in total. The Morgan fingerprint density at radius 2 is 1.56 bits per heavy atom. The van der Waals surface area contributed by atoms with Crippen LogP contribution >= 0.6 is 0 Å². The predicted molar refractivity (Wildman–Crippen MR) is 97.9 cm³/mol. The second-order valence-corrected chi connectivity index (χ2v) is 5.27. The first-order valence-corrected chi connectivity index (χ1v) is 7.83. The van der Waals surface area contributed by atoms with E-state index in [0.717, 1.165) is 0 Å². The van der Waals surface area contributed by atoms with Crippen LogP contribution in [0, 0.1) is 0 Å². The average Bonchev–Trinajstić information content (AvgIpc) is 3.22. The van der Waals surface area contributed by atoms with E-state index >= 15 is 0 Å². The van der Waals surface area contributed by atoms with Crippen LogP contribution in [-0.4, -0.2) is 47.1 Å². The summed E-state index contributed by atoms with van der Waals surface area (Å²) in [4.78, 5) is 16.5. The number of benzene rings is 1. The number of pyridine rings is 1. The van der Waals surface area contributed by atoms with Crippen molar-refractivity contribution in [2.45, 2.75) is 0 Å². The number of rotatable bonds is 6. The molecule has 3 rings (SSSR count). The molecule has 10 heteroatoms. The molecule has 2 heterocycles. The molecule has 1 aromatic carbocycles. The van der Waals surface area contributed by atoms with E-state index in [1.54, 1.807) is 28.8 Å². The lowest BCUT2D eigenvalue weighted by molar-refractivity contribution is 0.262. The van der Waals surface area contributed by atoms with Gasteiger partial charge in [-0.2, -0.15) is 0 Å². The Kier molecular flexibility index (Phi) is 5.36. The molecular weight excluding hydrogens is 352 g/mol. The molecule has 0 radical (unpaired) electrons. The van der Waals surface area contributed by atoms with E-state index in [9.17, 15) is 4.79 Å². The highest BCUT2D eigenvalue weighted by molar-refractivity contribution is 6.00. The van der Waals surface area contributed by atoms with Gasteiger partial charge in [-0.1, -0.05) is 0 Å². The SMILES string of the molecule is COc1cc(NC(=O)Nc2ccc(-n3cnnc3)nc2)cc(OC)c1OC. The zero-order valence-electron chi connectivity index (χ0n) is 15.0. The van der Waals surface area contributed by atoms with Crippen LogP contribution in [-0.2, 0) is 0 Å². The van der Waals surface area contributed by atoms with Crippen molar-refractivity contribution in [3.8, 4) is 23.1 Å². The van der Waals surface area contributed by atoms with Gasteiger partial charge in [-0.25, -0.2) is 9.78 Å². The summed E-state index contributed by atoms with van der Waals surface area (Å²) < 4.78 is 17.4. The molecule has 0 saturated heterocycles. The standard InChI is InChI=1S/C17H18N6O4/c1-25-13-6-12(7-14(26-2)16(13)27-3)22-17(24)21-11-4-5-15(18-8-11)23-9-19-20-10-23/h4-10H,1-3H3,(H2,21,22,24). The minimum absolute atomic E-state index is 0.437. The number of ether oxygens (including phenoxy) is 3. The average molecular weight is 370 g/mol. The topological polar surface area (TPSA) is 112 Å². The molecule has 0 saturated carbocycles. The molecule has 0 unspecified atom stereocenters. The fourth-order valence-electron chi connectivity index (χ4n) is 2.38. The number of methoxy groups -OCH3 is 3. The van der Waals surface area contributed by atoms with Crippen molar-refractivity contribution in [2.75, 3.05) is 32.0 Å². The molecule has 0 bridgehead atoms. The summed E-state index contributed by atoms with van der Waals surface area (Å²) in [6.07, 6.45) is 4.60. The lowest BCUT2D eigenvalue weighted by Crippen LogP contribution is -2.19. The van der Waals surface area contributed by atoms with Gasteiger partial charge >= 0.3 is 6.03 Å². The zero-order valence-corrected chi connectivity index (χ0v) is 15.0. The van der Waals surface area contributed by atoms with Gasteiger partial charge in [-0.15, -0.1) is 10.2 Å². The highest BCUT2D eigenvalue weighted by atomic mass is 16.5. The first-order chi connectivity index (χ1) is 13.1. The summed E-state index contributed by atoms with van der Waals surface area (Å²) >= 11 is 0. The minimum Gasteiger partial charge on any atom is -0.493 e. The van der Waals surface area contributed by atoms with Gasteiger partial charge in [0.05, 0.1) is 38.9 Å². The Labute approximate surface area is 155 Å². The molecule has 0 aliphatic heterocycles. The summed E-state index contributed by atoms with van der Waals surface area (Å²) in [6, 6.07) is 6.28. The maximum absolute atomic E-state index is 12.3. The molecule has 27 heavy (non-hydrogen) atoms. The fraction of sp³-hybridized carbons (Fsp3) is 0.176. The van der Waals surface area contributed by atoms with Crippen LogP contribution in [0.25, 0.3) is 5.82 Å². The highest BCUT2D eigenvalue weighted by Gasteiger charge is 2.14. The van der Waals surface area contributed by atoms with Crippen molar-refractivity contribution in [1.82, 2.24) is 19.7 Å². The normalized spacial score (nSPS) is 10.2. The third-order valence-electron chi connectivity index (χ3n) is 3.61. The van der Waals surface area contributed by atoms with Gasteiger partial charge in [-0.05, 0) is 12.1 Å². The Balaban J connectivity index is 1.70. The molecule has 0 atom stereocenters. The largest absolute Gasteiger partial charge is 0.493 e. The molecule has 0 aliphatic rings. The lowest BCUT2D eigenvalue weighted by atomic mass is 10.2. The molecular formula is C17H18N6O4. The third-order valence-corrected chi connectivity index (χ3v) is 3.61. The van der Waals surface area contributed by atoms with Crippen molar-refractivity contribution in [1.29, 1.82) is 0 Å². The van der Waals surface area contributed by atoms with Gasteiger partial charge in [0.1, 0.15) is 18.5 Å². The fourth-order valence-corrected chi connectivity index (χ4v) is 2.38. The van der Waals surface area contributed by atoms with Crippen molar-refractivity contribution in [2.24, 2.45) is 0 Å². The van der Waals surface area contributed by atoms with E-state index < -0.39 is 6.03 Å². The van der Waals surface area contributed by atoms with E-state index in [1.807, 2.05) is 0 Å². The smallest absolute Gasteiger partial charge is 0.323 e. The van der Waals surface area contributed by atoms with Crippen molar-refractivity contribution >= 4 is 17.4 Å². The van der Waals surface area contributed by atoms with Gasteiger partial charge in [0, 0.05) is 12.1 Å². The number of carbonyl (C=O) groups is 1. The van der Waals surface area contributed by atoms with Crippen LogP contribution in [0.5, 0.6) is 17.2 Å². The number of anilines is 2. The summed E-state index contributed by atoms with van der Waals surface area (Å²) in [7, 11) is 4.52. The minimum atomic E-state index is -0.442. The van der Waals surface area contributed by atoms with E-state index in [-0.39, 0.29) is 0 Å². The third kappa shape index (κ3) is 4.06. The maximum atomic E-state index is 12.3. The molecule has 0 fully saturated rings. The second-order valence-electron chi connectivity index (χ2n) is 5.27.